The van der Waals surface area contributed by atoms with Crippen LogP contribution in [0.3, 0.4) is 0 Å². The maximum absolute atomic E-state index is 6.79. The van der Waals surface area contributed by atoms with Crippen molar-refractivity contribution >= 4 is 54.3 Å². The molecule has 0 N–H and O–H groups in total. The van der Waals surface area contributed by atoms with E-state index in [4.69, 9.17) is 19.4 Å². The first kappa shape index (κ1) is 38.5. The van der Waals surface area contributed by atoms with Crippen LogP contribution >= 0.6 is 0 Å². The molecule has 0 aliphatic carbocycles. The van der Waals surface area contributed by atoms with Crippen LogP contribution < -0.4 is 0 Å². The van der Waals surface area contributed by atoms with Crippen molar-refractivity contribution in [1.29, 1.82) is 0 Å². The average molecular weight is 854 g/mol. The van der Waals surface area contributed by atoms with Crippen molar-refractivity contribution in [3.63, 3.8) is 0 Å². The van der Waals surface area contributed by atoms with Crippen molar-refractivity contribution in [3.05, 3.63) is 237 Å². The fourth-order valence-corrected chi connectivity index (χ4v) is 9.83. The number of nitrogens with zero attached hydrogens (tertiary/aromatic N) is 3. The minimum Gasteiger partial charge on any atom is -0.455 e. The summed E-state index contributed by atoms with van der Waals surface area (Å²) in [5.41, 5.74) is 13.4. The average Bonchev–Trinajstić information content (AvgIpc) is 3.81. The number of benzene rings is 11. The van der Waals surface area contributed by atoms with E-state index in [9.17, 15) is 0 Å². The first-order chi connectivity index (χ1) is 33.2. The molecule has 0 spiro atoms. The first-order valence-corrected chi connectivity index (χ1v) is 22.7. The minimum atomic E-state index is 0.579. The molecule has 312 valence electrons. The van der Waals surface area contributed by atoms with Gasteiger partial charge in [-0.2, -0.15) is 0 Å². The lowest BCUT2D eigenvalue weighted by Crippen LogP contribution is -2.00. The fraction of sp³-hybridized carbons (Fsp3) is 0. The number of para-hydroxylation sites is 1. The first-order valence-electron chi connectivity index (χ1n) is 22.7. The predicted molar refractivity (Wildman–Crippen MR) is 278 cm³/mol. The quantitative estimate of drug-likeness (QED) is 0.150. The van der Waals surface area contributed by atoms with E-state index in [1.165, 1.54) is 49.2 Å². The van der Waals surface area contributed by atoms with Gasteiger partial charge < -0.3 is 4.42 Å². The highest BCUT2D eigenvalue weighted by Gasteiger charge is 2.20. The van der Waals surface area contributed by atoms with Crippen LogP contribution in [0.15, 0.2) is 241 Å². The number of rotatable bonds is 7. The number of hydrogen-bond acceptors (Lipinski definition) is 4. The maximum Gasteiger partial charge on any atom is 0.164 e. The summed E-state index contributed by atoms with van der Waals surface area (Å²) in [4.78, 5) is 15.9. The maximum atomic E-state index is 6.79. The summed E-state index contributed by atoms with van der Waals surface area (Å²) in [5, 5.41) is 9.20. The van der Waals surface area contributed by atoms with Gasteiger partial charge in [-0.05, 0) is 83.4 Å². The van der Waals surface area contributed by atoms with Gasteiger partial charge in [-0.1, -0.05) is 224 Å². The summed E-state index contributed by atoms with van der Waals surface area (Å²) < 4.78 is 6.79. The van der Waals surface area contributed by atoms with Gasteiger partial charge in [0.25, 0.3) is 0 Å². The zero-order chi connectivity index (χ0) is 44.3. The number of fused-ring (bicyclic) bond motifs is 9. The Hall–Kier alpha value is -8.99. The topological polar surface area (TPSA) is 51.8 Å². The molecule has 67 heavy (non-hydrogen) atoms. The smallest absolute Gasteiger partial charge is 0.164 e. The highest BCUT2D eigenvalue weighted by molar-refractivity contribution is 6.25. The monoisotopic (exact) mass is 853 g/mol. The summed E-state index contributed by atoms with van der Waals surface area (Å²) in [6, 6.07) is 83.4. The van der Waals surface area contributed by atoms with Gasteiger partial charge in [0.1, 0.15) is 11.2 Å². The van der Waals surface area contributed by atoms with Crippen molar-refractivity contribution in [3.8, 4) is 78.7 Å². The molecule has 2 aromatic heterocycles. The molecule has 0 radical (unpaired) electrons. The van der Waals surface area contributed by atoms with E-state index in [-0.39, 0.29) is 0 Å². The van der Waals surface area contributed by atoms with Crippen LogP contribution in [-0.2, 0) is 0 Å². The zero-order valence-corrected chi connectivity index (χ0v) is 36.3. The van der Waals surface area contributed by atoms with Gasteiger partial charge >= 0.3 is 0 Å². The molecule has 0 unspecified atom stereocenters. The Labute approximate surface area is 387 Å². The highest BCUT2D eigenvalue weighted by Crippen LogP contribution is 2.42. The van der Waals surface area contributed by atoms with Crippen molar-refractivity contribution in [2.24, 2.45) is 0 Å². The second-order valence-electron chi connectivity index (χ2n) is 17.1. The molecule has 2 heterocycles. The molecule has 4 heteroatoms. The second-order valence-corrected chi connectivity index (χ2v) is 17.1. The summed E-state index contributed by atoms with van der Waals surface area (Å²) in [5.74, 6) is 1.78. The van der Waals surface area contributed by atoms with E-state index < -0.39 is 0 Å². The largest absolute Gasteiger partial charge is 0.455 e. The van der Waals surface area contributed by atoms with Crippen LogP contribution in [0.1, 0.15) is 0 Å². The highest BCUT2D eigenvalue weighted by atomic mass is 16.3. The van der Waals surface area contributed by atoms with Crippen molar-refractivity contribution in [1.82, 2.24) is 15.0 Å². The molecule has 0 aliphatic rings. The molecular weight excluding hydrogens is 815 g/mol. The molecule has 0 saturated carbocycles. The van der Waals surface area contributed by atoms with E-state index in [2.05, 4.69) is 212 Å². The third kappa shape index (κ3) is 6.74. The number of hydrogen-bond donors (Lipinski definition) is 0. The molecule has 0 aliphatic heterocycles. The number of aromatic nitrogens is 3. The van der Waals surface area contributed by atoms with E-state index in [1.54, 1.807) is 0 Å². The van der Waals surface area contributed by atoms with Crippen molar-refractivity contribution < 1.29 is 4.42 Å². The van der Waals surface area contributed by atoms with Crippen LogP contribution in [0, 0.1) is 0 Å². The normalized spacial score (nSPS) is 11.6. The molecule has 11 aromatic carbocycles. The lowest BCUT2D eigenvalue weighted by molar-refractivity contribution is 0.670. The van der Waals surface area contributed by atoms with Gasteiger partial charge in [0.15, 0.2) is 17.5 Å². The Kier molecular flexibility index (Phi) is 9.14. The van der Waals surface area contributed by atoms with Crippen LogP contribution in [0.2, 0.25) is 0 Å². The van der Waals surface area contributed by atoms with Gasteiger partial charge in [0, 0.05) is 33.0 Å². The summed E-state index contributed by atoms with van der Waals surface area (Å²) in [7, 11) is 0. The Morgan fingerprint density at radius 3 is 1.19 bits per heavy atom. The molecule has 4 nitrogen and oxygen atoms in total. The zero-order valence-electron chi connectivity index (χ0n) is 36.3. The van der Waals surface area contributed by atoms with E-state index in [0.717, 1.165) is 66.3 Å². The third-order valence-electron chi connectivity index (χ3n) is 13.2. The van der Waals surface area contributed by atoms with Gasteiger partial charge in [-0.25, -0.2) is 15.0 Å². The molecular formula is C63H39N3O. The lowest BCUT2D eigenvalue weighted by atomic mass is 9.93. The molecule has 0 atom stereocenters. The van der Waals surface area contributed by atoms with Gasteiger partial charge in [0.2, 0.25) is 0 Å². The Morgan fingerprint density at radius 2 is 0.627 bits per heavy atom. The van der Waals surface area contributed by atoms with E-state index in [0.29, 0.717) is 17.5 Å². The molecule has 0 fully saturated rings. The Bertz CT molecular complexity index is 3960. The summed E-state index contributed by atoms with van der Waals surface area (Å²) in [6.45, 7) is 0. The minimum absolute atomic E-state index is 0.579. The van der Waals surface area contributed by atoms with Gasteiger partial charge in [0.05, 0.1) is 0 Å². The van der Waals surface area contributed by atoms with Crippen LogP contribution in [-0.4, -0.2) is 15.0 Å². The Morgan fingerprint density at radius 1 is 0.239 bits per heavy atom. The van der Waals surface area contributed by atoms with E-state index >= 15 is 0 Å². The van der Waals surface area contributed by atoms with Crippen molar-refractivity contribution in [2.45, 2.75) is 0 Å². The second kappa shape index (κ2) is 15.9. The Balaban J connectivity index is 0.961. The fourth-order valence-electron chi connectivity index (χ4n) is 9.83. The van der Waals surface area contributed by atoms with E-state index in [1.807, 2.05) is 24.3 Å². The lowest BCUT2D eigenvalue weighted by Gasteiger charge is -2.13. The van der Waals surface area contributed by atoms with Crippen molar-refractivity contribution in [2.75, 3.05) is 0 Å². The molecule has 0 saturated heterocycles. The summed E-state index contributed by atoms with van der Waals surface area (Å²) in [6.07, 6.45) is 0. The standard InChI is InChI=1S/C63H39N3O/c1-3-13-40(14-4-1)42-25-27-44(28-26-42)45-31-35-47(36-32-45)61-64-62(48-37-38-54-52-19-8-7-17-50(52)51-18-9-10-20-53(51)57(54)39-48)66-63(65-61)56-23-12-24-58-59(56)55-22-11-21-49(60(55)67-58)46-33-29-43(30-34-46)41-15-5-2-6-16-41/h1-39H. The molecule has 13 aromatic rings. The SMILES string of the molecule is c1ccc(-c2ccc(-c3ccc(-c4nc(-c5ccc6c7ccccc7c7ccccc7c6c5)nc(-c5cccc6oc7c(-c8ccc(-c9ccccc9)cc8)cccc7c56)n4)cc3)cc2)cc1. The molecule has 0 amide bonds. The van der Waals surface area contributed by atoms with Gasteiger partial charge in [-0.3, -0.25) is 0 Å². The summed E-state index contributed by atoms with van der Waals surface area (Å²) >= 11 is 0. The number of furan rings is 1. The molecule has 0 bridgehead atoms. The third-order valence-corrected chi connectivity index (χ3v) is 13.2. The van der Waals surface area contributed by atoms with Crippen LogP contribution in [0.4, 0.5) is 0 Å². The molecule has 13 rings (SSSR count). The van der Waals surface area contributed by atoms with Crippen LogP contribution in [0.5, 0.6) is 0 Å². The predicted octanol–water partition coefficient (Wildman–Crippen LogP) is 16.9. The van der Waals surface area contributed by atoms with Crippen LogP contribution in [0.25, 0.3) is 133 Å². The van der Waals surface area contributed by atoms with Gasteiger partial charge in [-0.15, -0.1) is 0 Å².